The normalized spacial score (nSPS) is 36.3. The number of hydrogen-bond acceptors (Lipinski definition) is 2. The molecule has 2 spiro atoms. The molecule has 4 unspecified atom stereocenters. The Labute approximate surface area is 218 Å². The first-order valence-electron chi connectivity index (χ1n) is 15.7. The summed E-state index contributed by atoms with van der Waals surface area (Å²) in [7, 11) is 0. The van der Waals surface area contributed by atoms with E-state index in [-0.39, 0.29) is 0 Å². The second-order valence-electron chi connectivity index (χ2n) is 12.6. The van der Waals surface area contributed by atoms with Crippen molar-refractivity contribution in [3.05, 3.63) is 24.3 Å². The van der Waals surface area contributed by atoms with Crippen molar-refractivity contribution in [2.24, 2.45) is 11.8 Å². The molecule has 0 aromatic rings. The van der Waals surface area contributed by atoms with Crippen molar-refractivity contribution in [2.75, 3.05) is 13.2 Å². The summed E-state index contributed by atoms with van der Waals surface area (Å²) >= 11 is 0. The number of ether oxygens (including phenoxy) is 2. The fourth-order valence-corrected chi connectivity index (χ4v) is 6.27. The second kappa shape index (κ2) is 16.3. The lowest BCUT2D eigenvalue weighted by Gasteiger charge is -2.16. The highest BCUT2D eigenvalue weighted by Crippen LogP contribution is 2.41. The molecule has 2 aliphatic carbocycles. The predicted molar refractivity (Wildman–Crippen MR) is 151 cm³/mol. The Bertz CT molecular complexity index is 598. The van der Waals surface area contributed by atoms with E-state index in [2.05, 4.69) is 38.2 Å². The van der Waals surface area contributed by atoms with E-state index in [0.717, 1.165) is 25.0 Å². The lowest BCUT2D eigenvalue weighted by Crippen LogP contribution is -2.15. The van der Waals surface area contributed by atoms with Gasteiger partial charge in [-0.3, -0.25) is 0 Å². The molecule has 4 rings (SSSR count). The average Bonchev–Trinajstić information content (AvgIpc) is 3.76. The van der Waals surface area contributed by atoms with E-state index in [4.69, 9.17) is 9.47 Å². The highest BCUT2D eigenvalue weighted by atomic mass is 16.6. The summed E-state index contributed by atoms with van der Waals surface area (Å²) in [4.78, 5) is 0. The molecule has 0 aromatic heterocycles. The Morgan fingerprint density at radius 2 is 0.829 bits per heavy atom. The molecule has 202 valence electrons. The van der Waals surface area contributed by atoms with Crippen LogP contribution < -0.4 is 0 Å². The van der Waals surface area contributed by atoms with Crippen LogP contribution in [0.4, 0.5) is 0 Å². The van der Waals surface area contributed by atoms with Crippen LogP contribution in [0, 0.1) is 11.8 Å². The third kappa shape index (κ3) is 13.0. The zero-order chi connectivity index (χ0) is 24.7. The summed E-state index contributed by atoms with van der Waals surface area (Å²) in [5.74, 6) is 1.57. The molecule has 0 radical (unpaired) electrons. The molecule has 4 atom stereocenters. The average molecular weight is 487 g/mol. The zero-order valence-corrected chi connectivity index (χ0v) is 23.5. The van der Waals surface area contributed by atoms with Crippen LogP contribution in [0.2, 0.25) is 0 Å². The summed E-state index contributed by atoms with van der Waals surface area (Å²) in [5.41, 5.74) is 0.602. The number of hydrogen-bond donors (Lipinski definition) is 0. The van der Waals surface area contributed by atoms with Gasteiger partial charge in [-0.25, -0.2) is 0 Å². The molecule has 0 bridgehead atoms. The van der Waals surface area contributed by atoms with Crippen molar-refractivity contribution in [3.63, 3.8) is 0 Å². The van der Waals surface area contributed by atoms with Gasteiger partial charge in [0.05, 0.1) is 24.4 Å². The Morgan fingerprint density at radius 1 is 0.486 bits per heavy atom. The van der Waals surface area contributed by atoms with Crippen molar-refractivity contribution in [3.8, 4) is 0 Å². The second-order valence-corrected chi connectivity index (χ2v) is 12.6. The van der Waals surface area contributed by atoms with Crippen molar-refractivity contribution < 1.29 is 9.47 Å². The lowest BCUT2D eigenvalue weighted by molar-refractivity contribution is 0.239. The highest BCUT2D eigenvalue weighted by molar-refractivity contribution is 4.96. The van der Waals surface area contributed by atoms with Crippen molar-refractivity contribution >= 4 is 0 Å². The zero-order valence-electron chi connectivity index (χ0n) is 23.5. The highest BCUT2D eigenvalue weighted by Gasteiger charge is 2.45. The Kier molecular flexibility index (Phi) is 13.5. The quantitative estimate of drug-likeness (QED) is 0.251. The van der Waals surface area contributed by atoms with E-state index in [1.165, 1.54) is 135 Å². The Morgan fingerprint density at radius 3 is 1.20 bits per heavy atom. The molecule has 2 heterocycles. The van der Waals surface area contributed by atoms with Crippen molar-refractivity contribution in [1.29, 1.82) is 0 Å². The van der Waals surface area contributed by atoms with Gasteiger partial charge in [-0.05, 0) is 76.0 Å². The van der Waals surface area contributed by atoms with Gasteiger partial charge < -0.3 is 9.47 Å². The summed E-state index contributed by atoms with van der Waals surface area (Å²) in [5, 5.41) is 0. The summed E-state index contributed by atoms with van der Waals surface area (Å²) in [6.45, 7) is 6.81. The number of epoxide rings is 2. The van der Waals surface area contributed by atoms with Gasteiger partial charge >= 0.3 is 0 Å². The maximum Gasteiger partial charge on any atom is 0.0919 e. The largest absolute Gasteiger partial charge is 0.370 e. The lowest BCUT2D eigenvalue weighted by atomic mass is 9.89. The van der Waals surface area contributed by atoms with Crippen LogP contribution in [-0.4, -0.2) is 24.4 Å². The molecule has 0 N–H and O–H groups in total. The van der Waals surface area contributed by atoms with Crippen molar-refractivity contribution in [2.45, 2.75) is 160 Å². The monoisotopic (exact) mass is 486 g/mol. The van der Waals surface area contributed by atoms with E-state index in [1.807, 2.05) is 0 Å². The SMILES string of the molecule is CC1CC=CCCCCCCCCC2(CO2)C1.CC1CC=CCCCCCCCCCC2(CO2)C1. The van der Waals surface area contributed by atoms with Gasteiger partial charge in [0.2, 0.25) is 0 Å². The third-order valence-corrected chi connectivity index (χ3v) is 8.71. The predicted octanol–water partition coefficient (Wildman–Crippen LogP) is 10.1. The Balaban J connectivity index is 0.000000196. The molecular weight excluding hydrogens is 428 g/mol. The van der Waals surface area contributed by atoms with Crippen molar-refractivity contribution in [1.82, 2.24) is 0 Å². The van der Waals surface area contributed by atoms with Gasteiger partial charge in [-0.2, -0.15) is 0 Å². The summed E-state index contributed by atoms with van der Waals surface area (Å²) in [6.07, 6.45) is 38.2. The first-order valence-corrected chi connectivity index (χ1v) is 15.7. The molecule has 35 heavy (non-hydrogen) atoms. The minimum absolute atomic E-state index is 0.299. The van der Waals surface area contributed by atoms with Gasteiger partial charge in [0.25, 0.3) is 0 Å². The van der Waals surface area contributed by atoms with Gasteiger partial charge in [-0.15, -0.1) is 0 Å². The molecule has 2 saturated heterocycles. The molecule has 0 amide bonds. The standard InChI is InChI=1S/C17H30O.C16H28O/c1-16-12-10-8-6-4-2-3-5-7-9-11-13-17(14-16)15-18-17;1-15-11-9-7-5-3-2-4-6-8-10-12-16(13-15)14-17-16/h8,10,16H,2-7,9,11-15H2,1H3;7,9,15H,2-6,8,10-14H2,1H3. The van der Waals surface area contributed by atoms with Crippen LogP contribution in [0.5, 0.6) is 0 Å². The molecular formula is C33H58O2. The van der Waals surface area contributed by atoms with Crippen LogP contribution in [0.3, 0.4) is 0 Å². The summed E-state index contributed by atoms with van der Waals surface area (Å²) < 4.78 is 11.5. The minimum atomic E-state index is 0.299. The number of rotatable bonds is 0. The maximum absolute atomic E-state index is 5.77. The van der Waals surface area contributed by atoms with E-state index in [9.17, 15) is 0 Å². The number of allylic oxidation sites excluding steroid dienone is 4. The first-order chi connectivity index (χ1) is 17.1. The molecule has 4 aliphatic rings. The van der Waals surface area contributed by atoms with Gasteiger partial charge in [0, 0.05) is 0 Å². The van der Waals surface area contributed by atoms with E-state index >= 15 is 0 Å². The molecule has 0 saturated carbocycles. The van der Waals surface area contributed by atoms with Crippen LogP contribution in [0.25, 0.3) is 0 Å². The van der Waals surface area contributed by atoms with E-state index in [0.29, 0.717) is 11.2 Å². The molecule has 0 aromatic carbocycles. The minimum Gasteiger partial charge on any atom is -0.370 e. The van der Waals surface area contributed by atoms with Gasteiger partial charge in [0.15, 0.2) is 0 Å². The van der Waals surface area contributed by atoms with Gasteiger partial charge in [-0.1, -0.05) is 109 Å². The smallest absolute Gasteiger partial charge is 0.0919 e. The van der Waals surface area contributed by atoms with Gasteiger partial charge in [0.1, 0.15) is 0 Å². The Hall–Kier alpha value is -0.600. The third-order valence-electron chi connectivity index (χ3n) is 8.71. The molecule has 2 heteroatoms. The van der Waals surface area contributed by atoms with Crippen LogP contribution in [0.1, 0.15) is 149 Å². The van der Waals surface area contributed by atoms with E-state index < -0.39 is 0 Å². The van der Waals surface area contributed by atoms with E-state index in [1.54, 1.807) is 0 Å². The molecule has 2 aliphatic heterocycles. The van der Waals surface area contributed by atoms with Crippen LogP contribution in [-0.2, 0) is 9.47 Å². The summed E-state index contributed by atoms with van der Waals surface area (Å²) in [6, 6.07) is 0. The molecule has 2 fully saturated rings. The van der Waals surface area contributed by atoms with Crippen LogP contribution >= 0.6 is 0 Å². The maximum atomic E-state index is 5.77. The first kappa shape index (κ1) is 29.0. The van der Waals surface area contributed by atoms with Crippen LogP contribution in [0.15, 0.2) is 24.3 Å². The fourth-order valence-electron chi connectivity index (χ4n) is 6.27. The topological polar surface area (TPSA) is 25.1 Å². The fraction of sp³-hybridized carbons (Fsp3) is 0.879. The molecule has 2 nitrogen and oxygen atoms in total.